The molecule has 5 rings (SSSR count). The Morgan fingerprint density at radius 1 is 1.17 bits per heavy atom. The predicted octanol–water partition coefficient (Wildman–Crippen LogP) is 4.55. The number of nitrogens with zero attached hydrogens (tertiary/aromatic N) is 5. The Kier molecular flexibility index (Phi) is 4.66. The van der Waals surface area contributed by atoms with E-state index in [2.05, 4.69) is 26.3 Å². The number of anilines is 3. The van der Waals surface area contributed by atoms with E-state index in [0.717, 1.165) is 59.1 Å². The Labute approximate surface area is 179 Å². The first-order chi connectivity index (χ1) is 14.5. The van der Waals surface area contributed by atoms with Gasteiger partial charge in [0.05, 0.1) is 23.1 Å². The van der Waals surface area contributed by atoms with Crippen molar-refractivity contribution in [3.05, 3.63) is 46.7 Å². The van der Waals surface area contributed by atoms with Crippen LogP contribution in [0.4, 0.5) is 21.4 Å². The summed E-state index contributed by atoms with van der Waals surface area (Å²) in [5.74, 6) is 0.714. The van der Waals surface area contributed by atoms with Gasteiger partial charge in [0.25, 0.3) is 0 Å². The lowest BCUT2D eigenvalue weighted by Crippen LogP contribution is -2.56. The predicted molar refractivity (Wildman–Crippen MR) is 121 cm³/mol. The molecule has 2 bridgehead atoms. The van der Waals surface area contributed by atoms with Crippen LogP contribution in [0.15, 0.2) is 30.5 Å². The minimum absolute atomic E-state index is 0.104. The van der Waals surface area contributed by atoms with Crippen molar-refractivity contribution in [2.75, 3.05) is 28.2 Å². The smallest absolute Gasteiger partial charge is 0.329 e. The summed E-state index contributed by atoms with van der Waals surface area (Å²) in [4.78, 5) is 32.4. The van der Waals surface area contributed by atoms with Crippen molar-refractivity contribution in [2.45, 2.75) is 39.7 Å². The molecule has 0 radical (unpaired) electrons. The molecule has 0 saturated carbocycles. The minimum Gasteiger partial charge on any atom is -0.366 e. The highest BCUT2D eigenvalue weighted by Gasteiger charge is 2.38. The molecule has 7 nitrogen and oxygen atoms in total. The third-order valence-electron chi connectivity index (χ3n) is 5.85. The number of amides is 2. The van der Waals surface area contributed by atoms with Crippen molar-refractivity contribution < 1.29 is 4.79 Å². The van der Waals surface area contributed by atoms with Crippen LogP contribution < -0.4 is 15.1 Å². The Hall–Kier alpha value is -3.00. The van der Waals surface area contributed by atoms with Gasteiger partial charge in [-0.05, 0) is 57.9 Å². The Bertz CT molecular complexity index is 1090. The number of hydrogen-bond donors (Lipinski definition) is 1. The molecular weight excluding hydrogens is 396 g/mol. The molecule has 1 fully saturated rings. The molecule has 2 aliphatic rings. The van der Waals surface area contributed by atoms with E-state index in [-0.39, 0.29) is 12.1 Å². The summed E-state index contributed by atoms with van der Waals surface area (Å²) in [6.45, 7) is 7.77. The zero-order chi connectivity index (χ0) is 20.8. The summed E-state index contributed by atoms with van der Waals surface area (Å²) >= 11 is 1.50. The fourth-order valence-corrected chi connectivity index (χ4v) is 4.95. The van der Waals surface area contributed by atoms with Gasteiger partial charge in [0, 0.05) is 35.4 Å². The number of urea groups is 1. The molecule has 1 N–H and O–H groups in total. The summed E-state index contributed by atoms with van der Waals surface area (Å²) in [5.41, 5.74) is 4.69. The fourth-order valence-electron chi connectivity index (χ4n) is 4.14. The van der Waals surface area contributed by atoms with Crippen molar-refractivity contribution in [2.24, 2.45) is 0 Å². The van der Waals surface area contributed by atoms with E-state index < -0.39 is 0 Å². The number of aryl methyl sites for hydroxylation is 3. The highest BCUT2D eigenvalue weighted by molar-refractivity contribution is 7.15. The first kappa shape index (κ1) is 19.0. The number of nitrogens with one attached hydrogen (secondary N) is 1. The number of piperidine rings is 1. The summed E-state index contributed by atoms with van der Waals surface area (Å²) in [6, 6.07) is 8.04. The first-order valence-electron chi connectivity index (χ1n) is 10.2. The summed E-state index contributed by atoms with van der Waals surface area (Å²) in [5, 5.41) is 3.64. The molecule has 1 atom stereocenters. The van der Waals surface area contributed by atoms with Gasteiger partial charge in [0.15, 0.2) is 10.9 Å². The van der Waals surface area contributed by atoms with Gasteiger partial charge in [-0.3, -0.25) is 15.2 Å². The number of carbonyl (C=O) groups excluding carboxylic acids is 1. The van der Waals surface area contributed by atoms with Crippen LogP contribution in [0, 0.1) is 20.8 Å². The monoisotopic (exact) mass is 420 g/mol. The second-order valence-electron chi connectivity index (χ2n) is 7.93. The number of thiazole rings is 1. The van der Waals surface area contributed by atoms with Gasteiger partial charge in [0.2, 0.25) is 0 Å². The molecule has 0 aliphatic carbocycles. The lowest BCUT2D eigenvalue weighted by atomic mass is 9.99. The average Bonchev–Trinajstić information content (AvgIpc) is 3.05. The van der Waals surface area contributed by atoms with E-state index in [1.807, 2.05) is 50.1 Å². The molecule has 5 heterocycles. The summed E-state index contributed by atoms with van der Waals surface area (Å²) in [6.07, 6.45) is 3.86. The number of hydrogen-bond acceptors (Lipinski definition) is 6. The number of rotatable bonds is 2. The van der Waals surface area contributed by atoms with Crippen LogP contribution in [-0.4, -0.2) is 40.1 Å². The molecule has 30 heavy (non-hydrogen) atoms. The molecule has 0 spiro atoms. The maximum Gasteiger partial charge on any atom is 0.329 e. The third-order valence-corrected chi connectivity index (χ3v) is 6.84. The van der Waals surface area contributed by atoms with Crippen molar-refractivity contribution >= 4 is 34.0 Å². The molecule has 8 heteroatoms. The van der Waals surface area contributed by atoms with Crippen LogP contribution >= 0.6 is 11.3 Å². The zero-order valence-electron chi connectivity index (χ0n) is 17.3. The Morgan fingerprint density at radius 2 is 2.03 bits per heavy atom. The van der Waals surface area contributed by atoms with Crippen molar-refractivity contribution in [3.63, 3.8) is 0 Å². The SMILES string of the molecule is Cc1ccc(-c2ccc3c(n2)N(C(=O)Nc2nc(C)c(C)s2)[C@H]2CCCN3C2)cn1. The van der Waals surface area contributed by atoms with Gasteiger partial charge in [-0.15, -0.1) is 11.3 Å². The second-order valence-corrected chi connectivity index (χ2v) is 9.13. The lowest BCUT2D eigenvalue weighted by Gasteiger charge is -2.45. The van der Waals surface area contributed by atoms with E-state index in [9.17, 15) is 4.79 Å². The maximum absolute atomic E-state index is 13.4. The van der Waals surface area contributed by atoms with Crippen LogP contribution in [0.25, 0.3) is 11.3 Å². The quantitative estimate of drug-likeness (QED) is 0.658. The van der Waals surface area contributed by atoms with E-state index in [1.165, 1.54) is 11.3 Å². The van der Waals surface area contributed by atoms with Gasteiger partial charge < -0.3 is 4.90 Å². The highest BCUT2D eigenvalue weighted by Crippen LogP contribution is 2.39. The fraction of sp³-hybridized carbons (Fsp3) is 0.364. The lowest BCUT2D eigenvalue weighted by molar-refractivity contribution is 0.252. The Balaban J connectivity index is 1.54. The number of carbonyl (C=O) groups is 1. The maximum atomic E-state index is 13.4. The number of fused-ring (bicyclic) bond motifs is 4. The molecule has 2 amide bonds. The second kappa shape index (κ2) is 7.36. The standard InChI is InChI=1S/C22H24N6OS/c1-13-6-7-16(11-23-13)18-8-9-19-20(25-18)28(17-5-4-10-27(19)12-17)22(29)26-21-24-14(2)15(3)30-21/h6-9,11,17H,4-5,10,12H2,1-3H3,(H,24,26,29)/t17-/m0/s1. The summed E-state index contributed by atoms with van der Waals surface area (Å²) in [7, 11) is 0. The average molecular weight is 421 g/mol. The van der Waals surface area contributed by atoms with Crippen molar-refractivity contribution in [3.8, 4) is 11.3 Å². The van der Waals surface area contributed by atoms with Crippen molar-refractivity contribution in [1.29, 1.82) is 0 Å². The van der Waals surface area contributed by atoms with Gasteiger partial charge in [-0.1, -0.05) is 0 Å². The zero-order valence-corrected chi connectivity index (χ0v) is 18.2. The molecule has 3 aromatic heterocycles. The molecular formula is C22H24N6OS. The van der Waals surface area contributed by atoms with Crippen LogP contribution in [0.3, 0.4) is 0 Å². The van der Waals surface area contributed by atoms with Crippen LogP contribution in [-0.2, 0) is 0 Å². The third kappa shape index (κ3) is 3.31. The van der Waals surface area contributed by atoms with Crippen LogP contribution in [0.2, 0.25) is 0 Å². The Morgan fingerprint density at radius 3 is 2.77 bits per heavy atom. The topological polar surface area (TPSA) is 74.2 Å². The molecule has 154 valence electrons. The highest BCUT2D eigenvalue weighted by atomic mass is 32.1. The van der Waals surface area contributed by atoms with Gasteiger partial charge in [0.1, 0.15) is 0 Å². The minimum atomic E-state index is -0.164. The van der Waals surface area contributed by atoms with E-state index in [4.69, 9.17) is 4.98 Å². The number of aromatic nitrogens is 3. The first-order valence-corrected chi connectivity index (χ1v) is 11.0. The largest absolute Gasteiger partial charge is 0.366 e. The van der Waals surface area contributed by atoms with Gasteiger partial charge in [-0.25, -0.2) is 14.8 Å². The van der Waals surface area contributed by atoms with Gasteiger partial charge in [-0.2, -0.15) is 0 Å². The van der Waals surface area contributed by atoms with E-state index >= 15 is 0 Å². The van der Waals surface area contributed by atoms with Crippen LogP contribution in [0.5, 0.6) is 0 Å². The normalized spacial score (nSPS) is 17.6. The van der Waals surface area contributed by atoms with Crippen molar-refractivity contribution in [1.82, 2.24) is 15.0 Å². The van der Waals surface area contributed by atoms with E-state index in [0.29, 0.717) is 10.9 Å². The summed E-state index contributed by atoms with van der Waals surface area (Å²) < 4.78 is 0. The molecule has 0 unspecified atom stereocenters. The van der Waals surface area contributed by atoms with Crippen LogP contribution in [0.1, 0.15) is 29.1 Å². The molecule has 2 aliphatic heterocycles. The number of pyridine rings is 2. The molecule has 3 aromatic rings. The molecule has 1 saturated heterocycles. The van der Waals surface area contributed by atoms with Gasteiger partial charge >= 0.3 is 6.03 Å². The van der Waals surface area contributed by atoms with E-state index in [1.54, 1.807) is 0 Å². The molecule has 0 aromatic carbocycles.